The van der Waals surface area contributed by atoms with Crippen molar-refractivity contribution >= 4 is 37.5 Å². The lowest BCUT2D eigenvalue weighted by molar-refractivity contribution is -0.123. The normalized spacial score (nSPS) is 10.9. The van der Waals surface area contributed by atoms with Crippen LogP contribution in [0.15, 0.2) is 82.4 Å². The number of ether oxygens (including phenoxy) is 1. The number of amides is 1. The maximum absolute atomic E-state index is 12.5. The molecule has 1 amide bonds. The minimum atomic E-state index is -3.72. The molecule has 1 aromatic heterocycles. The van der Waals surface area contributed by atoms with Crippen molar-refractivity contribution in [2.24, 2.45) is 0 Å². The van der Waals surface area contributed by atoms with Crippen LogP contribution in [0.4, 0.5) is 5.69 Å². The first-order valence-electron chi connectivity index (χ1n) is 8.59. The quantitative estimate of drug-likeness (QED) is 0.520. The number of pyridine rings is 1. The lowest BCUT2D eigenvalue weighted by atomic mass is 10.3. The van der Waals surface area contributed by atoms with Crippen LogP contribution in [-0.4, -0.2) is 25.9 Å². The van der Waals surface area contributed by atoms with E-state index in [1.165, 1.54) is 24.3 Å². The van der Waals surface area contributed by atoms with Gasteiger partial charge in [0.25, 0.3) is 15.9 Å². The molecule has 29 heavy (non-hydrogen) atoms. The van der Waals surface area contributed by atoms with Crippen LogP contribution in [0.1, 0.15) is 5.56 Å². The van der Waals surface area contributed by atoms with Gasteiger partial charge in [-0.2, -0.15) is 0 Å². The van der Waals surface area contributed by atoms with E-state index in [9.17, 15) is 13.2 Å². The Bertz CT molecular complexity index is 1060. The molecule has 2 aromatic carbocycles. The van der Waals surface area contributed by atoms with Gasteiger partial charge in [-0.3, -0.25) is 14.5 Å². The van der Waals surface area contributed by atoms with E-state index in [2.05, 4.69) is 31.0 Å². The molecule has 0 spiro atoms. The SMILES string of the molecule is O=C(COc1ccc(S(=O)(=O)Nc2ccc(Br)cc2)cc1)NCc1cccnc1. The Hall–Kier alpha value is -2.91. The van der Waals surface area contributed by atoms with Crippen LogP contribution < -0.4 is 14.8 Å². The molecule has 9 heteroatoms. The molecule has 1 heterocycles. The molecular weight excluding hydrogens is 458 g/mol. The van der Waals surface area contributed by atoms with Crippen molar-refractivity contribution in [3.8, 4) is 5.75 Å². The fourth-order valence-corrected chi connectivity index (χ4v) is 3.67. The van der Waals surface area contributed by atoms with E-state index in [0.29, 0.717) is 18.0 Å². The number of benzene rings is 2. The molecule has 0 fully saturated rings. The third kappa shape index (κ3) is 6.30. The molecule has 0 saturated carbocycles. The molecule has 0 aliphatic carbocycles. The van der Waals surface area contributed by atoms with Gasteiger partial charge in [-0.15, -0.1) is 0 Å². The van der Waals surface area contributed by atoms with Crippen molar-refractivity contribution in [3.05, 3.63) is 83.1 Å². The van der Waals surface area contributed by atoms with Gasteiger partial charge in [0.1, 0.15) is 5.75 Å². The predicted molar refractivity (Wildman–Crippen MR) is 113 cm³/mol. The van der Waals surface area contributed by atoms with Gasteiger partial charge in [-0.1, -0.05) is 22.0 Å². The summed E-state index contributed by atoms with van der Waals surface area (Å²) >= 11 is 3.30. The number of halogens is 1. The second-order valence-electron chi connectivity index (χ2n) is 6.01. The minimum absolute atomic E-state index is 0.0915. The van der Waals surface area contributed by atoms with Crippen LogP contribution in [0.3, 0.4) is 0 Å². The van der Waals surface area contributed by atoms with Crippen LogP contribution >= 0.6 is 15.9 Å². The third-order valence-electron chi connectivity index (χ3n) is 3.81. The van der Waals surface area contributed by atoms with Gasteiger partial charge in [0.2, 0.25) is 0 Å². The smallest absolute Gasteiger partial charge is 0.261 e. The molecule has 3 aromatic rings. The summed E-state index contributed by atoms with van der Waals surface area (Å²) in [4.78, 5) is 15.9. The molecule has 150 valence electrons. The summed E-state index contributed by atoms with van der Waals surface area (Å²) in [6.45, 7) is 0.179. The number of carbonyl (C=O) groups excluding carboxylic acids is 1. The zero-order valence-corrected chi connectivity index (χ0v) is 17.6. The highest BCUT2D eigenvalue weighted by Crippen LogP contribution is 2.20. The number of hydrogen-bond acceptors (Lipinski definition) is 5. The maximum Gasteiger partial charge on any atom is 0.261 e. The number of rotatable bonds is 8. The predicted octanol–water partition coefficient (Wildman–Crippen LogP) is 3.34. The summed E-state index contributed by atoms with van der Waals surface area (Å²) in [5.74, 6) is 0.103. The van der Waals surface area contributed by atoms with E-state index >= 15 is 0 Å². The average molecular weight is 476 g/mol. The van der Waals surface area contributed by atoms with Crippen LogP contribution in [0.2, 0.25) is 0 Å². The second-order valence-corrected chi connectivity index (χ2v) is 8.61. The van der Waals surface area contributed by atoms with Crippen molar-refractivity contribution in [3.63, 3.8) is 0 Å². The van der Waals surface area contributed by atoms with Crippen molar-refractivity contribution in [1.82, 2.24) is 10.3 Å². The Morgan fingerprint density at radius 2 is 1.76 bits per heavy atom. The van der Waals surface area contributed by atoms with E-state index in [0.717, 1.165) is 10.0 Å². The minimum Gasteiger partial charge on any atom is -0.484 e. The second kappa shape index (κ2) is 9.53. The van der Waals surface area contributed by atoms with Crippen LogP contribution in [0.5, 0.6) is 5.75 Å². The first-order chi connectivity index (χ1) is 13.9. The zero-order chi connectivity index (χ0) is 20.7. The van der Waals surface area contributed by atoms with Crippen LogP contribution in [0.25, 0.3) is 0 Å². The van der Waals surface area contributed by atoms with E-state index in [4.69, 9.17) is 4.74 Å². The van der Waals surface area contributed by atoms with Crippen molar-refractivity contribution < 1.29 is 17.9 Å². The highest BCUT2D eigenvalue weighted by Gasteiger charge is 2.14. The largest absolute Gasteiger partial charge is 0.484 e. The van der Waals surface area contributed by atoms with E-state index in [1.807, 2.05) is 6.07 Å². The molecule has 0 bridgehead atoms. The molecule has 0 aliphatic rings. The monoisotopic (exact) mass is 475 g/mol. The standard InChI is InChI=1S/C20H18BrN3O4S/c21-16-3-5-17(6-4-16)24-29(26,27)19-9-7-18(8-10-19)28-14-20(25)23-13-15-2-1-11-22-12-15/h1-12,24H,13-14H2,(H,23,25). The molecule has 0 atom stereocenters. The molecule has 0 unspecified atom stereocenters. The topological polar surface area (TPSA) is 97.4 Å². The number of anilines is 1. The van der Waals surface area contributed by atoms with Crippen molar-refractivity contribution in [1.29, 1.82) is 0 Å². The Balaban J connectivity index is 1.52. The van der Waals surface area contributed by atoms with Crippen LogP contribution in [-0.2, 0) is 21.4 Å². The number of sulfonamides is 1. The Morgan fingerprint density at radius 3 is 2.41 bits per heavy atom. The summed E-state index contributed by atoms with van der Waals surface area (Å²) in [6.07, 6.45) is 3.33. The Morgan fingerprint density at radius 1 is 1.03 bits per heavy atom. The maximum atomic E-state index is 12.5. The van der Waals surface area contributed by atoms with Gasteiger partial charge in [0.05, 0.1) is 4.90 Å². The number of nitrogens with one attached hydrogen (secondary N) is 2. The number of hydrogen-bond donors (Lipinski definition) is 2. The summed E-state index contributed by atoms with van der Waals surface area (Å²) in [5.41, 5.74) is 1.34. The lowest BCUT2D eigenvalue weighted by Crippen LogP contribution is -2.28. The summed E-state index contributed by atoms with van der Waals surface area (Å²) in [7, 11) is -3.72. The third-order valence-corrected chi connectivity index (χ3v) is 5.74. The summed E-state index contributed by atoms with van der Waals surface area (Å²) in [6, 6.07) is 16.3. The number of carbonyl (C=O) groups is 1. The fourth-order valence-electron chi connectivity index (χ4n) is 2.35. The van der Waals surface area contributed by atoms with Gasteiger partial charge in [-0.05, 0) is 60.2 Å². The lowest BCUT2D eigenvalue weighted by Gasteiger charge is -2.10. The van der Waals surface area contributed by atoms with E-state index in [-0.39, 0.29) is 17.4 Å². The van der Waals surface area contributed by atoms with Gasteiger partial charge >= 0.3 is 0 Å². The Labute approximate surface area is 177 Å². The molecule has 0 radical (unpaired) electrons. The molecule has 0 aliphatic heterocycles. The van der Waals surface area contributed by atoms with Gasteiger partial charge < -0.3 is 10.1 Å². The van der Waals surface area contributed by atoms with Crippen LogP contribution in [0, 0.1) is 0 Å². The summed E-state index contributed by atoms with van der Waals surface area (Å²) in [5, 5.41) is 2.72. The summed E-state index contributed by atoms with van der Waals surface area (Å²) < 4.78 is 33.7. The number of nitrogens with zero attached hydrogens (tertiary/aromatic N) is 1. The number of aromatic nitrogens is 1. The average Bonchev–Trinajstić information content (AvgIpc) is 2.73. The van der Waals surface area contributed by atoms with Gasteiger partial charge in [0, 0.05) is 29.1 Å². The first-order valence-corrected chi connectivity index (χ1v) is 10.9. The highest BCUT2D eigenvalue weighted by molar-refractivity contribution is 9.10. The fraction of sp³-hybridized carbons (Fsp3) is 0.100. The van der Waals surface area contributed by atoms with Crippen molar-refractivity contribution in [2.45, 2.75) is 11.4 Å². The van der Waals surface area contributed by atoms with Gasteiger partial charge in [-0.25, -0.2) is 8.42 Å². The Kier molecular flexibility index (Phi) is 6.84. The molecule has 7 nitrogen and oxygen atoms in total. The first kappa shape index (κ1) is 20.8. The van der Waals surface area contributed by atoms with Crippen molar-refractivity contribution in [2.75, 3.05) is 11.3 Å². The molecule has 2 N–H and O–H groups in total. The van der Waals surface area contributed by atoms with E-state index in [1.54, 1.807) is 42.7 Å². The van der Waals surface area contributed by atoms with Gasteiger partial charge in [0.15, 0.2) is 6.61 Å². The molecular formula is C20H18BrN3O4S. The molecule has 3 rings (SSSR count). The molecule has 0 saturated heterocycles. The zero-order valence-electron chi connectivity index (χ0n) is 15.2. The van der Waals surface area contributed by atoms with E-state index < -0.39 is 10.0 Å². The highest BCUT2D eigenvalue weighted by atomic mass is 79.9.